The Hall–Kier alpha value is -4.11. The van der Waals surface area contributed by atoms with Crippen LogP contribution in [0.25, 0.3) is 5.76 Å². The van der Waals surface area contributed by atoms with Crippen LogP contribution >= 0.6 is 15.9 Å². The number of hydrogen-bond acceptors (Lipinski definition) is 7. The van der Waals surface area contributed by atoms with Crippen molar-refractivity contribution in [1.82, 2.24) is 0 Å². The maximum atomic E-state index is 12.2. The van der Waals surface area contributed by atoms with Crippen LogP contribution in [0.15, 0.2) is 80.7 Å². The molecule has 0 unspecified atom stereocenters. The first-order valence-electron chi connectivity index (χ1n) is 9.70. The van der Waals surface area contributed by atoms with Crippen molar-refractivity contribution < 1.29 is 19.9 Å². The van der Waals surface area contributed by atoms with Crippen LogP contribution in [-0.4, -0.2) is 32.8 Å². The number of allylic oxidation sites excluding steroid dienone is 1. The molecule has 0 spiro atoms. The first kappa shape index (κ1) is 22.1. The predicted molar refractivity (Wildman–Crippen MR) is 129 cm³/mol. The van der Waals surface area contributed by atoms with Gasteiger partial charge in [0.15, 0.2) is 5.78 Å². The molecule has 0 heterocycles. The number of phenolic OH excluding ortho intramolecular Hbond substituents is 1. The summed E-state index contributed by atoms with van der Waals surface area (Å²) in [5.74, 6) is -0.798. The number of hydrogen-bond donors (Lipinski definition) is 2. The molecule has 8 nitrogen and oxygen atoms in total. The van der Waals surface area contributed by atoms with Gasteiger partial charge in [0.05, 0.1) is 27.6 Å². The fourth-order valence-electron chi connectivity index (χ4n) is 3.48. The number of aliphatic hydroxyl groups excluding tert-OH is 1. The third kappa shape index (κ3) is 4.31. The van der Waals surface area contributed by atoms with E-state index in [1.807, 2.05) is 0 Å². The van der Waals surface area contributed by atoms with E-state index in [4.69, 9.17) is 0 Å². The van der Waals surface area contributed by atoms with Crippen molar-refractivity contribution in [3.63, 3.8) is 0 Å². The third-order valence-corrected chi connectivity index (χ3v) is 5.48. The molecule has 0 radical (unpaired) electrons. The number of nitro groups is 1. The van der Waals surface area contributed by atoms with E-state index >= 15 is 0 Å². The van der Waals surface area contributed by atoms with Gasteiger partial charge in [-0.15, -0.1) is 0 Å². The molecule has 4 rings (SSSR count). The molecule has 33 heavy (non-hydrogen) atoms. The Morgan fingerprint density at radius 3 is 2.42 bits per heavy atom. The number of aromatic hydroxyl groups is 1. The lowest BCUT2D eigenvalue weighted by Gasteiger charge is -2.04. The van der Waals surface area contributed by atoms with Gasteiger partial charge in [-0.25, -0.2) is 4.99 Å². The zero-order valence-electron chi connectivity index (χ0n) is 17.2. The highest BCUT2D eigenvalue weighted by Gasteiger charge is 2.36. The molecule has 3 aromatic carbocycles. The Balaban J connectivity index is 1.70. The van der Waals surface area contributed by atoms with E-state index in [2.05, 4.69) is 25.9 Å². The second-order valence-electron chi connectivity index (χ2n) is 7.17. The van der Waals surface area contributed by atoms with Crippen molar-refractivity contribution in [2.45, 2.75) is 6.92 Å². The predicted octanol–water partition coefficient (Wildman–Crippen LogP) is 5.81. The third-order valence-electron chi connectivity index (χ3n) is 4.99. The van der Waals surface area contributed by atoms with Crippen LogP contribution in [-0.2, 0) is 4.79 Å². The topological polar surface area (TPSA) is 125 Å². The number of ketones is 1. The van der Waals surface area contributed by atoms with Crippen molar-refractivity contribution >= 4 is 56.5 Å². The fraction of sp³-hybridized carbons (Fsp3) is 0.0417. The van der Waals surface area contributed by atoms with Crippen molar-refractivity contribution in [3.05, 3.63) is 97.5 Å². The molecule has 0 fully saturated rings. The number of carbonyl (C=O) groups excluding carboxylic acids is 1. The highest BCUT2D eigenvalue weighted by atomic mass is 79.9. The van der Waals surface area contributed by atoms with Gasteiger partial charge in [0.2, 0.25) is 0 Å². The van der Waals surface area contributed by atoms with Gasteiger partial charge in [-0.1, -0.05) is 28.1 Å². The number of aliphatic imine (C=N–C) groups is 2. The summed E-state index contributed by atoms with van der Waals surface area (Å²) in [6, 6.07) is 16.1. The highest BCUT2D eigenvalue weighted by Crippen LogP contribution is 2.39. The van der Waals surface area contributed by atoms with Crippen molar-refractivity contribution in [3.8, 4) is 5.75 Å². The number of halogens is 1. The summed E-state index contributed by atoms with van der Waals surface area (Å²) in [6.45, 7) is 1.27. The molecule has 9 heteroatoms. The molecule has 1 aliphatic rings. The Kier molecular flexibility index (Phi) is 5.89. The number of aliphatic hydroxyl groups is 1. The molecular weight excluding hydrogens is 490 g/mol. The van der Waals surface area contributed by atoms with Gasteiger partial charge in [0.25, 0.3) is 5.69 Å². The Morgan fingerprint density at radius 1 is 1.06 bits per heavy atom. The van der Waals surface area contributed by atoms with Gasteiger partial charge in [-0.05, 0) is 49.4 Å². The van der Waals surface area contributed by atoms with Crippen molar-refractivity contribution in [2.24, 2.45) is 9.98 Å². The van der Waals surface area contributed by atoms with Crippen LogP contribution in [0.5, 0.6) is 5.75 Å². The number of rotatable bonds is 5. The monoisotopic (exact) mass is 505 g/mol. The van der Waals surface area contributed by atoms with E-state index in [0.29, 0.717) is 22.5 Å². The van der Waals surface area contributed by atoms with Crippen LogP contribution in [0.3, 0.4) is 0 Å². The SMILES string of the molecule is CC(=O)C1=C(O)c2c(cccc2[N+](=O)[O-])C1=Nc1ccc(N=Cc2cc(Br)ccc2O)cc1. The van der Waals surface area contributed by atoms with Crippen LogP contribution in [0, 0.1) is 10.1 Å². The van der Waals surface area contributed by atoms with Gasteiger partial charge < -0.3 is 10.2 Å². The molecule has 0 saturated carbocycles. The number of phenols is 1. The molecule has 0 saturated heterocycles. The summed E-state index contributed by atoms with van der Waals surface area (Å²) >= 11 is 3.35. The van der Waals surface area contributed by atoms with Gasteiger partial charge >= 0.3 is 0 Å². The van der Waals surface area contributed by atoms with Gasteiger partial charge in [0.1, 0.15) is 17.1 Å². The number of nitrogens with zero attached hydrogens (tertiary/aromatic N) is 3. The minimum atomic E-state index is -0.606. The largest absolute Gasteiger partial charge is 0.507 e. The fourth-order valence-corrected chi connectivity index (χ4v) is 3.85. The average Bonchev–Trinajstić information content (AvgIpc) is 3.07. The van der Waals surface area contributed by atoms with E-state index in [1.54, 1.807) is 48.5 Å². The van der Waals surface area contributed by atoms with Crippen molar-refractivity contribution in [1.29, 1.82) is 0 Å². The summed E-state index contributed by atoms with van der Waals surface area (Å²) < 4.78 is 0.808. The molecule has 164 valence electrons. The van der Waals surface area contributed by atoms with Gasteiger partial charge in [-0.2, -0.15) is 0 Å². The average molecular weight is 506 g/mol. The standard InChI is InChI=1S/C24H16BrN3O5/c1-13(29)21-23(18-3-2-4-19(28(32)33)22(18)24(21)31)27-17-8-6-16(7-9-17)26-12-14-11-15(25)5-10-20(14)30/h2-12,30-31H,1H3. The van der Waals surface area contributed by atoms with Gasteiger partial charge in [0, 0.05) is 27.9 Å². The number of carbonyl (C=O) groups is 1. The first-order chi connectivity index (χ1) is 15.8. The smallest absolute Gasteiger partial charge is 0.281 e. The molecule has 3 aromatic rings. The van der Waals surface area contributed by atoms with E-state index in [0.717, 1.165) is 4.47 Å². The molecule has 2 N–H and O–H groups in total. The summed E-state index contributed by atoms with van der Waals surface area (Å²) in [6.07, 6.45) is 1.53. The van der Waals surface area contributed by atoms with E-state index in [-0.39, 0.29) is 28.3 Å². The lowest BCUT2D eigenvalue weighted by atomic mass is 10.0. The number of fused-ring (bicyclic) bond motifs is 1. The van der Waals surface area contributed by atoms with Crippen LogP contribution < -0.4 is 0 Å². The molecule has 0 atom stereocenters. The van der Waals surface area contributed by atoms with Crippen LogP contribution in [0.4, 0.5) is 17.1 Å². The zero-order valence-corrected chi connectivity index (χ0v) is 18.8. The second kappa shape index (κ2) is 8.79. The molecule has 1 aliphatic carbocycles. The number of benzene rings is 3. The lowest BCUT2D eigenvalue weighted by Crippen LogP contribution is -2.08. The maximum absolute atomic E-state index is 12.2. The zero-order chi connectivity index (χ0) is 23.7. The van der Waals surface area contributed by atoms with E-state index in [1.165, 1.54) is 25.3 Å². The minimum Gasteiger partial charge on any atom is -0.507 e. The quantitative estimate of drug-likeness (QED) is 0.257. The summed E-state index contributed by atoms with van der Waals surface area (Å²) in [7, 11) is 0. The van der Waals surface area contributed by atoms with Crippen LogP contribution in [0.2, 0.25) is 0 Å². The first-order valence-corrected chi connectivity index (χ1v) is 10.5. The lowest BCUT2D eigenvalue weighted by molar-refractivity contribution is -0.385. The summed E-state index contributed by atoms with van der Waals surface area (Å²) in [4.78, 5) is 31.9. The molecule has 0 bridgehead atoms. The summed E-state index contributed by atoms with van der Waals surface area (Å²) in [5.41, 5.74) is 1.74. The van der Waals surface area contributed by atoms with Gasteiger partial charge in [-0.3, -0.25) is 19.9 Å². The molecular formula is C24H16BrN3O5. The molecule has 0 amide bonds. The normalized spacial score (nSPS) is 14.2. The van der Waals surface area contributed by atoms with E-state index < -0.39 is 16.5 Å². The maximum Gasteiger partial charge on any atom is 0.281 e. The minimum absolute atomic E-state index is 0.0125. The second-order valence-corrected chi connectivity index (χ2v) is 8.09. The Morgan fingerprint density at radius 2 is 1.76 bits per heavy atom. The Labute approximate surface area is 196 Å². The number of nitro benzene ring substituents is 1. The highest BCUT2D eigenvalue weighted by molar-refractivity contribution is 9.10. The van der Waals surface area contributed by atoms with Crippen molar-refractivity contribution in [2.75, 3.05) is 0 Å². The summed E-state index contributed by atoms with van der Waals surface area (Å²) in [5, 5.41) is 31.9. The molecule has 0 aliphatic heterocycles. The van der Waals surface area contributed by atoms with E-state index in [9.17, 15) is 25.1 Å². The Bertz CT molecular complexity index is 1390. The molecule has 0 aromatic heterocycles. The van der Waals surface area contributed by atoms with Crippen LogP contribution in [0.1, 0.15) is 23.6 Å². The number of Topliss-reactive ketones (excluding diaryl/α,β-unsaturated/α-hetero) is 1.